The summed E-state index contributed by atoms with van der Waals surface area (Å²) >= 11 is 0. The maximum Gasteiger partial charge on any atom is 0.0558 e. The Morgan fingerprint density at radius 3 is 2.59 bits per heavy atom. The third kappa shape index (κ3) is 3.67. The van der Waals surface area contributed by atoms with E-state index in [1.54, 1.807) is 0 Å². The Labute approximate surface area is 106 Å². The molecular weight excluding hydrogens is 212 g/mol. The number of hydrogen-bond donors (Lipinski definition) is 2. The molecule has 3 heteroatoms. The van der Waals surface area contributed by atoms with Crippen molar-refractivity contribution in [2.45, 2.75) is 70.0 Å². The smallest absolute Gasteiger partial charge is 0.0558 e. The van der Waals surface area contributed by atoms with E-state index in [-0.39, 0.29) is 0 Å². The van der Waals surface area contributed by atoms with Crippen LogP contribution in [0.2, 0.25) is 0 Å². The van der Waals surface area contributed by atoms with Crippen molar-refractivity contribution in [1.82, 2.24) is 10.2 Å². The molecular formula is C14H28N2O. The zero-order valence-corrected chi connectivity index (χ0v) is 11.2. The molecule has 1 aliphatic heterocycles. The van der Waals surface area contributed by atoms with Gasteiger partial charge in [0.25, 0.3) is 0 Å². The number of nitrogens with zero attached hydrogens (tertiary/aromatic N) is 1. The van der Waals surface area contributed by atoms with Crippen LogP contribution in [0.3, 0.4) is 0 Å². The first kappa shape index (κ1) is 13.3. The fraction of sp³-hybridized carbons (Fsp3) is 1.00. The van der Waals surface area contributed by atoms with Gasteiger partial charge < -0.3 is 10.4 Å². The zero-order chi connectivity index (χ0) is 12.1. The van der Waals surface area contributed by atoms with Gasteiger partial charge in [-0.15, -0.1) is 0 Å². The molecule has 1 saturated heterocycles. The van der Waals surface area contributed by atoms with Crippen molar-refractivity contribution >= 4 is 0 Å². The molecule has 2 unspecified atom stereocenters. The van der Waals surface area contributed by atoms with Gasteiger partial charge in [0.2, 0.25) is 0 Å². The highest BCUT2D eigenvalue weighted by Crippen LogP contribution is 2.28. The molecule has 0 aromatic heterocycles. The van der Waals surface area contributed by atoms with Gasteiger partial charge in [0, 0.05) is 24.7 Å². The van der Waals surface area contributed by atoms with Crippen LogP contribution in [0.4, 0.5) is 0 Å². The van der Waals surface area contributed by atoms with Crippen LogP contribution < -0.4 is 5.32 Å². The summed E-state index contributed by atoms with van der Waals surface area (Å²) in [6.45, 7) is 4.70. The highest BCUT2D eigenvalue weighted by Gasteiger charge is 2.29. The molecule has 0 radical (unpaired) electrons. The van der Waals surface area contributed by atoms with E-state index >= 15 is 0 Å². The quantitative estimate of drug-likeness (QED) is 0.742. The van der Waals surface area contributed by atoms with E-state index in [0.717, 1.165) is 12.6 Å². The Kier molecular flexibility index (Phi) is 5.26. The van der Waals surface area contributed by atoms with Gasteiger partial charge in [-0.2, -0.15) is 0 Å². The van der Waals surface area contributed by atoms with Crippen molar-refractivity contribution in [3.05, 3.63) is 0 Å². The van der Waals surface area contributed by atoms with Gasteiger partial charge in [-0.3, -0.25) is 4.90 Å². The Morgan fingerprint density at radius 2 is 2.06 bits per heavy atom. The Balaban J connectivity index is 1.79. The summed E-state index contributed by atoms with van der Waals surface area (Å²) in [7, 11) is 0. The molecule has 2 rings (SSSR count). The number of piperidine rings is 1. The molecule has 0 spiro atoms. The van der Waals surface area contributed by atoms with Crippen LogP contribution in [0.5, 0.6) is 0 Å². The second kappa shape index (κ2) is 6.72. The van der Waals surface area contributed by atoms with Crippen LogP contribution in [0, 0.1) is 0 Å². The van der Waals surface area contributed by atoms with E-state index in [1.165, 1.54) is 51.5 Å². The lowest BCUT2D eigenvalue weighted by Gasteiger charge is -2.42. The normalized spacial score (nSPS) is 28.1. The summed E-state index contributed by atoms with van der Waals surface area (Å²) in [6, 6.07) is 2.07. The first-order chi connectivity index (χ1) is 8.31. The van der Waals surface area contributed by atoms with Gasteiger partial charge in [0.05, 0.1) is 6.61 Å². The van der Waals surface area contributed by atoms with Crippen molar-refractivity contribution in [3.8, 4) is 0 Å². The molecule has 2 N–H and O–H groups in total. The van der Waals surface area contributed by atoms with E-state index in [4.69, 9.17) is 0 Å². The third-order valence-electron chi connectivity index (χ3n) is 4.51. The highest BCUT2D eigenvalue weighted by molar-refractivity contribution is 4.86. The first-order valence-corrected chi connectivity index (χ1v) is 7.41. The van der Waals surface area contributed by atoms with Crippen molar-refractivity contribution in [2.75, 3.05) is 19.7 Å². The van der Waals surface area contributed by atoms with E-state index in [2.05, 4.69) is 17.1 Å². The minimum atomic E-state index is 0.304. The summed E-state index contributed by atoms with van der Waals surface area (Å²) in [5, 5.41) is 12.8. The zero-order valence-electron chi connectivity index (χ0n) is 11.2. The van der Waals surface area contributed by atoms with Crippen molar-refractivity contribution in [2.24, 2.45) is 0 Å². The largest absolute Gasteiger partial charge is 0.395 e. The Morgan fingerprint density at radius 1 is 1.24 bits per heavy atom. The summed E-state index contributed by atoms with van der Waals surface area (Å²) in [4.78, 5) is 2.54. The van der Waals surface area contributed by atoms with Gasteiger partial charge in [-0.1, -0.05) is 12.8 Å². The standard InChI is InChI=1S/C14H28N2O/c1-12(11-13-5-2-3-8-15-13)16(9-10-17)14-6-4-7-14/h12-15,17H,2-11H2,1H3. The van der Waals surface area contributed by atoms with Crippen LogP contribution in [0.25, 0.3) is 0 Å². The van der Waals surface area contributed by atoms with Crippen molar-refractivity contribution in [1.29, 1.82) is 0 Å². The lowest BCUT2D eigenvalue weighted by molar-refractivity contribution is 0.0574. The second-order valence-electron chi connectivity index (χ2n) is 5.78. The molecule has 2 fully saturated rings. The predicted molar refractivity (Wildman–Crippen MR) is 71.2 cm³/mol. The molecule has 1 saturated carbocycles. The topological polar surface area (TPSA) is 35.5 Å². The highest BCUT2D eigenvalue weighted by atomic mass is 16.3. The Hall–Kier alpha value is -0.120. The van der Waals surface area contributed by atoms with Crippen molar-refractivity contribution < 1.29 is 5.11 Å². The van der Waals surface area contributed by atoms with Crippen LogP contribution >= 0.6 is 0 Å². The van der Waals surface area contributed by atoms with E-state index < -0.39 is 0 Å². The monoisotopic (exact) mass is 240 g/mol. The van der Waals surface area contributed by atoms with E-state index in [0.29, 0.717) is 18.7 Å². The average molecular weight is 240 g/mol. The molecule has 17 heavy (non-hydrogen) atoms. The summed E-state index contributed by atoms with van der Waals surface area (Å²) in [5.74, 6) is 0. The third-order valence-corrected chi connectivity index (χ3v) is 4.51. The maximum absolute atomic E-state index is 9.20. The van der Waals surface area contributed by atoms with Gasteiger partial charge >= 0.3 is 0 Å². The number of aliphatic hydroxyl groups is 1. The molecule has 1 aliphatic carbocycles. The van der Waals surface area contributed by atoms with Gasteiger partial charge in [0.1, 0.15) is 0 Å². The summed E-state index contributed by atoms with van der Waals surface area (Å²) in [6.07, 6.45) is 9.35. The van der Waals surface area contributed by atoms with Crippen LogP contribution in [0.1, 0.15) is 51.9 Å². The van der Waals surface area contributed by atoms with Crippen LogP contribution in [-0.4, -0.2) is 47.8 Å². The number of nitrogens with one attached hydrogen (secondary N) is 1. The number of aliphatic hydroxyl groups excluding tert-OH is 1. The molecule has 0 aromatic rings. The molecule has 1 heterocycles. The SMILES string of the molecule is CC(CC1CCCCN1)N(CCO)C1CCC1. The molecule has 0 amide bonds. The molecule has 0 aromatic carbocycles. The van der Waals surface area contributed by atoms with Crippen LogP contribution in [0.15, 0.2) is 0 Å². The number of hydrogen-bond acceptors (Lipinski definition) is 3. The van der Waals surface area contributed by atoms with Crippen LogP contribution in [-0.2, 0) is 0 Å². The molecule has 100 valence electrons. The lowest BCUT2D eigenvalue weighted by Crippen LogP contribution is -2.49. The van der Waals surface area contributed by atoms with Crippen molar-refractivity contribution in [3.63, 3.8) is 0 Å². The molecule has 3 nitrogen and oxygen atoms in total. The molecule has 2 atom stereocenters. The van der Waals surface area contributed by atoms with E-state index in [9.17, 15) is 5.11 Å². The minimum absolute atomic E-state index is 0.304. The van der Waals surface area contributed by atoms with Gasteiger partial charge in [-0.25, -0.2) is 0 Å². The number of rotatable bonds is 6. The lowest BCUT2D eigenvalue weighted by atomic mass is 9.89. The summed E-state index contributed by atoms with van der Waals surface area (Å²) < 4.78 is 0. The molecule has 0 bridgehead atoms. The first-order valence-electron chi connectivity index (χ1n) is 7.41. The second-order valence-corrected chi connectivity index (χ2v) is 5.78. The summed E-state index contributed by atoms with van der Waals surface area (Å²) in [5.41, 5.74) is 0. The van der Waals surface area contributed by atoms with Gasteiger partial charge in [-0.05, 0) is 45.6 Å². The fourth-order valence-electron chi connectivity index (χ4n) is 3.27. The minimum Gasteiger partial charge on any atom is -0.395 e. The molecule has 2 aliphatic rings. The average Bonchev–Trinajstić information content (AvgIpc) is 2.27. The maximum atomic E-state index is 9.20. The van der Waals surface area contributed by atoms with Gasteiger partial charge in [0.15, 0.2) is 0 Å². The van der Waals surface area contributed by atoms with E-state index in [1.807, 2.05) is 0 Å². The Bertz CT molecular complexity index is 212. The fourth-order valence-corrected chi connectivity index (χ4v) is 3.27. The predicted octanol–water partition coefficient (Wildman–Crippen LogP) is 1.75.